The van der Waals surface area contributed by atoms with Crippen molar-refractivity contribution in [3.63, 3.8) is 0 Å². The number of nitrogens with zero attached hydrogens (tertiary/aromatic N) is 1. The maximum absolute atomic E-state index is 8.87. The normalized spacial score (nSPS) is 11.2. The Morgan fingerprint density at radius 3 is 1.91 bits per heavy atom. The van der Waals surface area contributed by atoms with Crippen LogP contribution in [0.25, 0.3) is 0 Å². The van der Waals surface area contributed by atoms with Gasteiger partial charge in [-0.05, 0) is 6.42 Å². The minimum absolute atomic E-state index is 0.195. The second-order valence-electron chi connectivity index (χ2n) is 6.47. The predicted molar refractivity (Wildman–Crippen MR) is 94.2 cm³/mol. The van der Waals surface area contributed by atoms with Crippen LogP contribution in [-0.2, 0) is 12.8 Å². The Kier molecular flexibility index (Phi) is 12.1. The van der Waals surface area contributed by atoms with Crippen LogP contribution in [0.1, 0.15) is 95.5 Å². The third kappa shape index (κ3) is 9.99. The molecule has 1 heterocycles. The third-order valence-electron chi connectivity index (χ3n) is 4.33. The molecule has 0 aliphatic rings. The minimum Gasteiger partial charge on any atom is -0.396 e. The number of aliphatic hydroxyl groups excluding tert-OH is 1. The molecule has 0 saturated carbocycles. The van der Waals surface area contributed by atoms with Crippen LogP contribution in [-0.4, -0.2) is 21.7 Å². The van der Waals surface area contributed by atoms with Crippen molar-refractivity contribution in [1.29, 1.82) is 0 Å². The van der Waals surface area contributed by atoms with E-state index in [-0.39, 0.29) is 6.61 Å². The van der Waals surface area contributed by atoms with Gasteiger partial charge in [0.1, 0.15) is 5.82 Å². The number of aromatic amines is 1. The summed E-state index contributed by atoms with van der Waals surface area (Å²) in [5, 5.41) is 8.87. The van der Waals surface area contributed by atoms with Gasteiger partial charge in [-0.2, -0.15) is 0 Å². The topological polar surface area (TPSA) is 48.9 Å². The molecule has 0 atom stereocenters. The fraction of sp³-hybridized carbons (Fsp3) is 0.842. The number of aliphatic hydroxyl groups is 1. The number of unbranched alkanes of at least 4 members (excludes halogenated alkanes) is 11. The number of hydrogen-bond acceptors (Lipinski definition) is 2. The molecule has 22 heavy (non-hydrogen) atoms. The van der Waals surface area contributed by atoms with Gasteiger partial charge in [-0.1, -0.05) is 77.6 Å². The Bertz CT molecular complexity index is 349. The van der Waals surface area contributed by atoms with Crippen LogP contribution >= 0.6 is 0 Å². The van der Waals surface area contributed by atoms with Gasteiger partial charge in [-0.25, -0.2) is 4.98 Å². The Morgan fingerprint density at radius 1 is 0.818 bits per heavy atom. The molecule has 128 valence electrons. The van der Waals surface area contributed by atoms with Crippen LogP contribution in [0, 0.1) is 0 Å². The number of rotatable bonds is 15. The average Bonchev–Trinajstić information content (AvgIpc) is 2.96. The zero-order valence-corrected chi connectivity index (χ0v) is 14.6. The second-order valence-corrected chi connectivity index (χ2v) is 6.47. The van der Waals surface area contributed by atoms with Crippen molar-refractivity contribution < 1.29 is 5.11 Å². The summed E-state index contributed by atoms with van der Waals surface area (Å²) in [5.74, 6) is 1.08. The molecule has 0 aliphatic heterocycles. The van der Waals surface area contributed by atoms with Gasteiger partial charge < -0.3 is 10.1 Å². The molecule has 0 saturated heterocycles. The van der Waals surface area contributed by atoms with Crippen LogP contribution in [0.3, 0.4) is 0 Å². The molecule has 3 heteroatoms. The first-order valence-electron chi connectivity index (χ1n) is 9.50. The Balaban J connectivity index is 1.83. The molecule has 1 aromatic heterocycles. The van der Waals surface area contributed by atoms with E-state index >= 15 is 0 Å². The van der Waals surface area contributed by atoms with Gasteiger partial charge >= 0.3 is 0 Å². The molecule has 0 bridgehead atoms. The van der Waals surface area contributed by atoms with Crippen LogP contribution < -0.4 is 0 Å². The maximum atomic E-state index is 8.87. The largest absolute Gasteiger partial charge is 0.396 e. The van der Waals surface area contributed by atoms with E-state index in [4.69, 9.17) is 5.11 Å². The number of imidazole rings is 1. The number of nitrogens with one attached hydrogen (secondary N) is 1. The lowest BCUT2D eigenvalue weighted by molar-refractivity contribution is 0.298. The van der Waals surface area contributed by atoms with Gasteiger partial charge in [0, 0.05) is 31.3 Å². The second kappa shape index (κ2) is 13.8. The number of aromatic nitrogens is 2. The standard InChI is InChI=1S/C19H36N2O/c1-2-3-4-5-6-7-8-9-10-11-12-13-14-19-20-17-18(21-19)15-16-22/h17,22H,2-16H2,1H3,(H,20,21). The van der Waals surface area contributed by atoms with Crippen LogP contribution in [0.15, 0.2) is 6.20 Å². The number of hydrogen-bond donors (Lipinski definition) is 2. The van der Waals surface area contributed by atoms with Crippen molar-refractivity contribution in [2.75, 3.05) is 6.61 Å². The van der Waals surface area contributed by atoms with Crippen molar-refractivity contribution in [1.82, 2.24) is 9.97 Å². The molecule has 0 aromatic carbocycles. The highest BCUT2D eigenvalue weighted by Gasteiger charge is 2.00. The van der Waals surface area contributed by atoms with E-state index in [1.165, 1.54) is 77.0 Å². The highest BCUT2D eigenvalue weighted by atomic mass is 16.3. The molecule has 0 fully saturated rings. The third-order valence-corrected chi connectivity index (χ3v) is 4.33. The zero-order chi connectivity index (χ0) is 15.9. The highest BCUT2D eigenvalue weighted by Crippen LogP contribution is 2.12. The monoisotopic (exact) mass is 308 g/mol. The van der Waals surface area contributed by atoms with Gasteiger partial charge in [-0.3, -0.25) is 0 Å². The van der Waals surface area contributed by atoms with Gasteiger partial charge in [0.15, 0.2) is 0 Å². The molecular weight excluding hydrogens is 272 g/mol. The minimum atomic E-state index is 0.195. The smallest absolute Gasteiger partial charge is 0.106 e. The van der Waals surface area contributed by atoms with Gasteiger partial charge in [0.05, 0.1) is 0 Å². The van der Waals surface area contributed by atoms with E-state index in [2.05, 4.69) is 16.9 Å². The van der Waals surface area contributed by atoms with E-state index < -0.39 is 0 Å². The summed E-state index contributed by atoms with van der Waals surface area (Å²) < 4.78 is 0. The highest BCUT2D eigenvalue weighted by molar-refractivity contribution is 5.01. The van der Waals surface area contributed by atoms with Crippen molar-refractivity contribution in [2.45, 2.75) is 96.8 Å². The van der Waals surface area contributed by atoms with E-state index in [1.807, 2.05) is 6.20 Å². The molecule has 0 unspecified atom stereocenters. The van der Waals surface area contributed by atoms with Gasteiger partial charge in [-0.15, -0.1) is 0 Å². The predicted octanol–water partition coefficient (Wildman–Crippen LogP) is 5.19. The SMILES string of the molecule is CCCCCCCCCCCCCCc1ncc(CCO)[nH]1. The zero-order valence-electron chi connectivity index (χ0n) is 14.6. The van der Waals surface area contributed by atoms with Crippen LogP contribution in [0.5, 0.6) is 0 Å². The Labute approximate surface area is 136 Å². The molecule has 0 aliphatic carbocycles. The number of H-pyrrole nitrogens is 1. The first-order valence-corrected chi connectivity index (χ1v) is 9.50. The van der Waals surface area contributed by atoms with Gasteiger partial charge in [0.25, 0.3) is 0 Å². The van der Waals surface area contributed by atoms with E-state index in [0.717, 1.165) is 17.9 Å². The molecule has 0 radical (unpaired) electrons. The van der Waals surface area contributed by atoms with Crippen LogP contribution in [0.2, 0.25) is 0 Å². The molecule has 0 spiro atoms. The van der Waals surface area contributed by atoms with Crippen molar-refractivity contribution in [3.05, 3.63) is 17.7 Å². The van der Waals surface area contributed by atoms with Crippen molar-refractivity contribution in [3.8, 4) is 0 Å². The fourth-order valence-electron chi connectivity index (χ4n) is 2.91. The summed E-state index contributed by atoms with van der Waals surface area (Å²) in [6, 6.07) is 0. The molecule has 1 aromatic rings. The summed E-state index contributed by atoms with van der Waals surface area (Å²) in [4.78, 5) is 7.64. The lowest BCUT2D eigenvalue weighted by Gasteiger charge is -2.02. The van der Waals surface area contributed by atoms with E-state index in [1.54, 1.807) is 0 Å². The lowest BCUT2D eigenvalue weighted by atomic mass is 10.0. The number of aryl methyl sites for hydroxylation is 1. The fourth-order valence-corrected chi connectivity index (χ4v) is 2.91. The summed E-state index contributed by atoms with van der Waals surface area (Å²) in [6.07, 6.45) is 20.2. The first kappa shape index (κ1) is 19.2. The lowest BCUT2D eigenvalue weighted by Crippen LogP contribution is -1.92. The maximum Gasteiger partial charge on any atom is 0.106 e. The molecular formula is C19H36N2O. The first-order chi connectivity index (χ1) is 10.9. The molecule has 2 N–H and O–H groups in total. The molecule has 1 rings (SSSR count). The summed E-state index contributed by atoms with van der Waals surface area (Å²) in [7, 11) is 0. The summed E-state index contributed by atoms with van der Waals surface area (Å²) in [6.45, 7) is 2.47. The summed E-state index contributed by atoms with van der Waals surface area (Å²) in [5.41, 5.74) is 1.05. The molecule has 3 nitrogen and oxygen atoms in total. The molecule has 0 amide bonds. The van der Waals surface area contributed by atoms with Crippen molar-refractivity contribution in [2.24, 2.45) is 0 Å². The quantitative estimate of drug-likeness (QED) is 0.438. The summed E-state index contributed by atoms with van der Waals surface area (Å²) >= 11 is 0. The van der Waals surface area contributed by atoms with Crippen LogP contribution in [0.4, 0.5) is 0 Å². The van der Waals surface area contributed by atoms with E-state index in [0.29, 0.717) is 6.42 Å². The van der Waals surface area contributed by atoms with Gasteiger partial charge in [0.2, 0.25) is 0 Å². The Hall–Kier alpha value is -0.830. The Morgan fingerprint density at radius 2 is 1.36 bits per heavy atom. The van der Waals surface area contributed by atoms with Crippen molar-refractivity contribution >= 4 is 0 Å². The average molecular weight is 309 g/mol. The van der Waals surface area contributed by atoms with E-state index in [9.17, 15) is 0 Å².